The topological polar surface area (TPSA) is 65.2 Å². The molecule has 2 N–H and O–H groups in total. The lowest BCUT2D eigenvalue weighted by atomic mass is 9.98. The van der Waals surface area contributed by atoms with Crippen molar-refractivity contribution in [2.24, 2.45) is 0 Å². The molecule has 2 atom stereocenters. The maximum Gasteiger partial charge on any atom is 0.305 e. The Kier molecular flexibility index (Phi) is 3.71. The number of hydrogen-bond donors (Lipinski definition) is 2. The third-order valence-corrected chi connectivity index (χ3v) is 6.45. The Morgan fingerprint density at radius 3 is 3.05 bits per heavy atom. The Balaban J connectivity index is 1.64. The Labute approximate surface area is 136 Å². The SMILES string of the molecule is O=C1NCCC2CCCC1N2Sc1ccc2sc(=O)[nH]c2c1. The van der Waals surface area contributed by atoms with Crippen LogP contribution in [0.15, 0.2) is 27.9 Å². The van der Waals surface area contributed by atoms with Gasteiger partial charge in [-0.05, 0) is 55.8 Å². The van der Waals surface area contributed by atoms with Gasteiger partial charge in [0.15, 0.2) is 0 Å². The van der Waals surface area contributed by atoms with Gasteiger partial charge >= 0.3 is 4.87 Å². The van der Waals surface area contributed by atoms with Crippen LogP contribution in [-0.4, -0.2) is 33.8 Å². The Hall–Kier alpha value is -1.31. The first-order valence-corrected chi connectivity index (χ1v) is 9.16. The minimum absolute atomic E-state index is 0.0248. The van der Waals surface area contributed by atoms with E-state index < -0.39 is 0 Å². The average molecular weight is 335 g/mol. The molecule has 2 aliphatic rings. The minimum Gasteiger partial charge on any atom is -0.355 e. The van der Waals surface area contributed by atoms with Crippen molar-refractivity contribution < 1.29 is 4.79 Å². The molecule has 22 heavy (non-hydrogen) atoms. The minimum atomic E-state index is -0.0385. The zero-order chi connectivity index (χ0) is 15.1. The van der Waals surface area contributed by atoms with Gasteiger partial charge < -0.3 is 10.3 Å². The molecule has 0 radical (unpaired) electrons. The third-order valence-electron chi connectivity index (χ3n) is 4.36. The average Bonchev–Trinajstić information content (AvgIpc) is 2.84. The largest absolute Gasteiger partial charge is 0.355 e. The van der Waals surface area contributed by atoms with Gasteiger partial charge in [-0.25, -0.2) is 4.31 Å². The molecule has 5 nitrogen and oxygen atoms in total. The molecular formula is C15H17N3O2S2. The number of thiazole rings is 1. The number of hydrogen-bond acceptors (Lipinski definition) is 5. The summed E-state index contributed by atoms with van der Waals surface area (Å²) in [6.45, 7) is 0.772. The van der Waals surface area contributed by atoms with Crippen molar-refractivity contribution in [3.8, 4) is 0 Å². The van der Waals surface area contributed by atoms with Gasteiger partial charge in [0.05, 0.1) is 16.3 Å². The predicted molar refractivity (Wildman–Crippen MR) is 89.2 cm³/mol. The number of nitrogens with one attached hydrogen (secondary N) is 2. The normalized spacial score (nSPS) is 25.9. The summed E-state index contributed by atoms with van der Waals surface area (Å²) in [4.78, 5) is 27.6. The van der Waals surface area contributed by atoms with Gasteiger partial charge in [0.25, 0.3) is 0 Å². The van der Waals surface area contributed by atoms with Gasteiger partial charge in [-0.1, -0.05) is 11.3 Å². The number of benzene rings is 1. The van der Waals surface area contributed by atoms with Crippen LogP contribution in [0.3, 0.4) is 0 Å². The second-order valence-corrected chi connectivity index (χ2v) is 7.89. The Morgan fingerprint density at radius 2 is 2.14 bits per heavy atom. The first-order chi connectivity index (χ1) is 10.7. The van der Waals surface area contributed by atoms with Crippen molar-refractivity contribution in [3.63, 3.8) is 0 Å². The van der Waals surface area contributed by atoms with Crippen molar-refractivity contribution >= 4 is 39.4 Å². The van der Waals surface area contributed by atoms with Crippen LogP contribution >= 0.6 is 23.3 Å². The van der Waals surface area contributed by atoms with E-state index >= 15 is 0 Å². The summed E-state index contributed by atoms with van der Waals surface area (Å²) >= 11 is 2.88. The molecule has 1 aromatic heterocycles. The third kappa shape index (κ3) is 2.57. The number of piperidine rings is 1. The van der Waals surface area contributed by atoms with E-state index in [1.807, 2.05) is 18.2 Å². The molecule has 2 unspecified atom stereocenters. The van der Waals surface area contributed by atoms with Gasteiger partial charge in [-0.2, -0.15) is 0 Å². The summed E-state index contributed by atoms with van der Waals surface area (Å²) < 4.78 is 3.25. The summed E-state index contributed by atoms with van der Waals surface area (Å²) in [7, 11) is 0. The fourth-order valence-corrected chi connectivity index (χ4v) is 5.25. The summed E-state index contributed by atoms with van der Waals surface area (Å²) in [6.07, 6.45) is 4.20. The van der Waals surface area contributed by atoms with Crippen molar-refractivity contribution in [1.82, 2.24) is 14.6 Å². The van der Waals surface area contributed by atoms with Crippen LogP contribution in [0.5, 0.6) is 0 Å². The summed E-state index contributed by atoms with van der Waals surface area (Å²) in [6, 6.07) is 6.43. The monoisotopic (exact) mass is 335 g/mol. The van der Waals surface area contributed by atoms with E-state index in [1.54, 1.807) is 11.9 Å². The van der Waals surface area contributed by atoms with Crippen molar-refractivity contribution in [3.05, 3.63) is 27.9 Å². The Morgan fingerprint density at radius 1 is 1.23 bits per heavy atom. The molecule has 3 heterocycles. The molecule has 0 spiro atoms. The summed E-state index contributed by atoms with van der Waals surface area (Å²) in [5, 5.41) is 3.02. The van der Waals surface area contributed by atoms with Crippen LogP contribution in [0.1, 0.15) is 25.7 Å². The highest BCUT2D eigenvalue weighted by atomic mass is 32.2. The van der Waals surface area contributed by atoms with E-state index in [0.717, 1.165) is 47.3 Å². The van der Waals surface area contributed by atoms with Gasteiger partial charge in [0.2, 0.25) is 5.91 Å². The number of rotatable bonds is 2. The molecule has 0 aliphatic carbocycles. The number of fused-ring (bicyclic) bond motifs is 3. The Bertz CT molecular complexity index is 769. The van der Waals surface area contributed by atoms with Gasteiger partial charge in [-0.3, -0.25) is 9.59 Å². The molecule has 2 saturated heterocycles. The van der Waals surface area contributed by atoms with Crippen LogP contribution in [0.4, 0.5) is 0 Å². The molecule has 4 rings (SSSR count). The summed E-state index contributed by atoms with van der Waals surface area (Å²) in [5.74, 6) is 0.153. The van der Waals surface area contributed by atoms with E-state index in [9.17, 15) is 9.59 Å². The fraction of sp³-hybridized carbons (Fsp3) is 0.467. The molecule has 7 heteroatoms. The molecule has 116 valence electrons. The number of nitrogens with zero attached hydrogens (tertiary/aromatic N) is 1. The van der Waals surface area contributed by atoms with Crippen LogP contribution in [-0.2, 0) is 4.79 Å². The zero-order valence-corrected chi connectivity index (χ0v) is 13.6. The highest BCUT2D eigenvalue weighted by Gasteiger charge is 2.37. The molecule has 2 aromatic rings. The fourth-order valence-electron chi connectivity index (χ4n) is 3.30. The number of carbonyl (C=O) groups is 1. The molecule has 1 aromatic carbocycles. The highest BCUT2D eigenvalue weighted by molar-refractivity contribution is 7.97. The van der Waals surface area contributed by atoms with Gasteiger partial charge in [-0.15, -0.1) is 0 Å². The van der Waals surface area contributed by atoms with Gasteiger partial charge in [0, 0.05) is 17.5 Å². The molecular weight excluding hydrogens is 318 g/mol. The maximum atomic E-state index is 12.2. The predicted octanol–water partition coefficient (Wildman–Crippen LogP) is 2.34. The van der Waals surface area contributed by atoms with Crippen molar-refractivity contribution in [1.29, 1.82) is 0 Å². The first kappa shape index (κ1) is 14.3. The second-order valence-electron chi connectivity index (χ2n) is 5.80. The number of aromatic amines is 1. The van der Waals surface area contributed by atoms with Crippen LogP contribution in [0.2, 0.25) is 0 Å². The maximum absolute atomic E-state index is 12.2. The molecule has 0 saturated carbocycles. The molecule has 2 bridgehead atoms. The number of H-pyrrole nitrogens is 1. The van der Waals surface area contributed by atoms with E-state index in [2.05, 4.69) is 14.6 Å². The summed E-state index contributed by atoms with van der Waals surface area (Å²) in [5.41, 5.74) is 0.879. The zero-order valence-electron chi connectivity index (χ0n) is 12.0. The lowest BCUT2D eigenvalue weighted by molar-refractivity contribution is -0.125. The van der Waals surface area contributed by atoms with Crippen molar-refractivity contribution in [2.45, 2.75) is 42.7 Å². The molecule has 2 aliphatic heterocycles. The van der Waals surface area contributed by atoms with E-state index in [-0.39, 0.29) is 16.8 Å². The lowest BCUT2D eigenvalue weighted by Crippen LogP contribution is -2.46. The van der Waals surface area contributed by atoms with Crippen LogP contribution < -0.4 is 10.2 Å². The first-order valence-electron chi connectivity index (χ1n) is 7.57. The van der Waals surface area contributed by atoms with Crippen LogP contribution in [0.25, 0.3) is 10.2 Å². The van der Waals surface area contributed by atoms with E-state index in [0.29, 0.717) is 6.04 Å². The smallest absolute Gasteiger partial charge is 0.305 e. The number of carbonyl (C=O) groups excluding carboxylic acids is 1. The van der Waals surface area contributed by atoms with Gasteiger partial charge in [0.1, 0.15) is 0 Å². The number of aromatic nitrogens is 1. The second kappa shape index (κ2) is 5.72. The van der Waals surface area contributed by atoms with Crippen LogP contribution in [0, 0.1) is 0 Å². The van der Waals surface area contributed by atoms with E-state index in [1.165, 1.54) is 11.3 Å². The van der Waals surface area contributed by atoms with Crippen molar-refractivity contribution in [2.75, 3.05) is 6.54 Å². The number of amides is 1. The van der Waals surface area contributed by atoms with E-state index in [4.69, 9.17) is 0 Å². The quantitative estimate of drug-likeness (QED) is 0.827. The highest BCUT2D eigenvalue weighted by Crippen LogP contribution is 2.37. The lowest BCUT2D eigenvalue weighted by Gasteiger charge is -2.37. The standard InChI is InChI=1S/C15H17N3O2S2/c19-14-12-3-1-2-9(6-7-16-14)18(12)22-10-4-5-13-11(8-10)17-15(20)21-13/h4-5,8-9,12H,1-3,6-7H2,(H,16,19)(H,17,20). The molecule has 2 fully saturated rings. The molecule has 1 amide bonds.